The highest BCUT2D eigenvalue weighted by Gasteiger charge is 2.39. The summed E-state index contributed by atoms with van der Waals surface area (Å²) in [5, 5.41) is 24.4. The Balaban J connectivity index is 1.98. The molecule has 0 spiro atoms. The predicted molar refractivity (Wildman–Crippen MR) is 109 cm³/mol. The SMILES string of the molecule is Cc1c(F)c(O)c(-c2ccc(C(C)CN)cc2)c2c1NC(=O)C1C2=CC=CN1O. The number of carbonyl (C=O) groups is 1. The highest BCUT2D eigenvalue weighted by molar-refractivity contribution is 6.14. The standard InChI is InChI=1S/C22H22FN3O3/c1-11(10-24)13-5-7-14(8-6-13)16-17-15-4-3-9-26(29)20(15)22(28)25-19(17)12(2)18(23)21(16)27/h3-9,11,20,27,29H,10,24H2,1-2H3,(H,25,28). The highest BCUT2D eigenvalue weighted by Crippen LogP contribution is 2.48. The van der Waals surface area contributed by atoms with Gasteiger partial charge in [-0.1, -0.05) is 37.3 Å². The largest absolute Gasteiger partial charge is 0.504 e. The number of phenolic OH excluding ortho intramolecular Hbond substituents is 1. The second-order valence-electron chi connectivity index (χ2n) is 7.41. The van der Waals surface area contributed by atoms with Crippen LogP contribution in [0.25, 0.3) is 16.7 Å². The van der Waals surface area contributed by atoms with Crippen molar-refractivity contribution in [1.82, 2.24) is 5.06 Å². The molecule has 0 bridgehead atoms. The number of amides is 1. The number of aromatic hydroxyl groups is 1. The molecule has 5 N–H and O–H groups in total. The van der Waals surface area contributed by atoms with Crippen molar-refractivity contribution >= 4 is 17.2 Å². The van der Waals surface area contributed by atoms with Crippen LogP contribution in [0.4, 0.5) is 10.1 Å². The first-order valence-electron chi connectivity index (χ1n) is 9.37. The van der Waals surface area contributed by atoms with Crippen molar-refractivity contribution in [1.29, 1.82) is 0 Å². The Hall–Kier alpha value is -3.16. The fourth-order valence-corrected chi connectivity index (χ4v) is 3.90. The molecule has 0 fully saturated rings. The van der Waals surface area contributed by atoms with E-state index in [9.17, 15) is 19.5 Å². The van der Waals surface area contributed by atoms with E-state index in [1.54, 1.807) is 24.3 Å². The van der Waals surface area contributed by atoms with Gasteiger partial charge in [0.1, 0.15) is 0 Å². The van der Waals surface area contributed by atoms with Gasteiger partial charge < -0.3 is 16.2 Å². The number of nitrogens with zero attached hydrogens (tertiary/aromatic N) is 1. The lowest BCUT2D eigenvalue weighted by Crippen LogP contribution is -2.44. The van der Waals surface area contributed by atoms with Gasteiger partial charge in [-0.2, -0.15) is 0 Å². The molecule has 7 heteroatoms. The van der Waals surface area contributed by atoms with E-state index in [1.807, 2.05) is 19.1 Å². The number of benzene rings is 2. The topological polar surface area (TPSA) is 98.8 Å². The maximum atomic E-state index is 14.8. The van der Waals surface area contributed by atoms with Crippen LogP contribution >= 0.6 is 0 Å². The number of fused-ring (bicyclic) bond motifs is 3. The highest BCUT2D eigenvalue weighted by atomic mass is 19.1. The minimum absolute atomic E-state index is 0.140. The summed E-state index contributed by atoms with van der Waals surface area (Å²) in [6.45, 7) is 4.01. The fourth-order valence-electron chi connectivity index (χ4n) is 3.90. The van der Waals surface area contributed by atoms with Crippen molar-refractivity contribution in [2.45, 2.75) is 25.8 Å². The van der Waals surface area contributed by atoms with E-state index in [1.165, 1.54) is 13.1 Å². The third-order valence-corrected chi connectivity index (χ3v) is 5.63. The quantitative estimate of drug-likeness (QED) is 0.597. The summed E-state index contributed by atoms with van der Waals surface area (Å²) in [4.78, 5) is 12.6. The first-order valence-corrected chi connectivity index (χ1v) is 9.37. The normalized spacial score (nSPS) is 18.7. The molecule has 0 aliphatic carbocycles. The van der Waals surface area contributed by atoms with Crippen LogP contribution in [0.5, 0.6) is 5.75 Å². The van der Waals surface area contributed by atoms with Crippen LogP contribution in [0.1, 0.15) is 29.5 Å². The number of anilines is 1. The number of nitrogens with one attached hydrogen (secondary N) is 1. The Morgan fingerprint density at radius 3 is 2.62 bits per heavy atom. The number of halogens is 1. The number of hydrogen-bond acceptors (Lipinski definition) is 5. The molecule has 2 aromatic rings. The van der Waals surface area contributed by atoms with E-state index in [0.29, 0.717) is 28.9 Å². The van der Waals surface area contributed by atoms with Crippen LogP contribution in [-0.4, -0.2) is 33.9 Å². The van der Waals surface area contributed by atoms with Crippen LogP contribution in [0.2, 0.25) is 0 Å². The van der Waals surface area contributed by atoms with Gasteiger partial charge in [0.05, 0.1) is 5.69 Å². The Kier molecular flexibility index (Phi) is 4.64. The minimum Gasteiger partial charge on any atom is -0.504 e. The molecule has 6 nitrogen and oxygen atoms in total. The molecule has 150 valence electrons. The summed E-state index contributed by atoms with van der Waals surface area (Å²) >= 11 is 0. The monoisotopic (exact) mass is 395 g/mol. The summed E-state index contributed by atoms with van der Waals surface area (Å²) in [6, 6.07) is 6.40. The van der Waals surface area contributed by atoms with E-state index >= 15 is 0 Å². The van der Waals surface area contributed by atoms with Gasteiger partial charge in [0.25, 0.3) is 5.91 Å². The number of carbonyl (C=O) groups excluding carboxylic acids is 1. The summed E-state index contributed by atoms with van der Waals surface area (Å²) in [6.07, 6.45) is 4.66. The molecule has 2 unspecified atom stereocenters. The molecule has 0 saturated heterocycles. The Labute approximate surface area is 167 Å². The molecule has 2 aliphatic heterocycles. The van der Waals surface area contributed by atoms with Gasteiger partial charge in [0.15, 0.2) is 17.6 Å². The van der Waals surface area contributed by atoms with Crippen molar-refractivity contribution in [3.05, 3.63) is 65.1 Å². The maximum Gasteiger partial charge on any atom is 0.254 e. The third kappa shape index (κ3) is 2.90. The average molecular weight is 395 g/mol. The number of allylic oxidation sites excluding steroid dienone is 2. The zero-order valence-electron chi connectivity index (χ0n) is 16.1. The van der Waals surface area contributed by atoms with Crippen molar-refractivity contribution in [2.75, 3.05) is 11.9 Å². The molecule has 2 aromatic carbocycles. The first-order chi connectivity index (χ1) is 13.8. The van der Waals surface area contributed by atoms with Crippen molar-refractivity contribution < 1.29 is 19.5 Å². The second kappa shape index (κ2) is 7.02. The van der Waals surface area contributed by atoms with E-state index in [2.05, 4.69) is 5.32 Å². The summed E-state index contributed by atoms with van der Waals surface area (Å²) in [5.41, 5.74) is 9.05. The lowest BCUT2D eigenvalue weighted by atomic mass is 9.82. The lowest BCUT2D eigenvalue weighted by Gasteiger charge is -2.35. The van der Waals surface area contributed by atoms with Crippen LogP contribution in [0, 0.1) is 12.7 Å². The zero-order chi connectivity index (χ0) is 20.9. The average Bonchev–Trinajstić information content (AvgIpc) is 2.73. The van der Waals surface area contributed by atoms with E-state index < -0.39 is 23.5 Å². The summed E-state index contributed by atoms with van der Waals surface area (Å²) in [5.74, 6) is -1.58. The molecule has 2 heterocycles. The van der Waals surface area contributed by atoms with Crippen LogP contribution in [0.3, 0.4) is 0 Å². The van der Waals surface area contributed by atoms with Crippen LogP contribution < -0.4 is 11.1 Å². The van der Waals surface area contributed by atoms with Crippen LogP contribution in [0.15, 0.2) is 42.6 Å². The van der Waals surface area contributed by atoms with Gasteiger partial charge in [-0.3, -0.25) is 10.0 Å². The second-order valence-corrected chi connectivity index (χ2v) is 7.41. The van der Waals surface area contributed by atoms with E-state index in [-0.39, 0.29) is 17.0 Å². The Bertz CT molecular complexity index is 1060. The van der Waals surface area contributed by atoms with Gasteiger partial charge in [-0.05, 0) is 42.2 Å². The smallest absolute Gasteiger partial charge is 0.254 e. The minimum atomic E-state index is -0.980. The van der Waals surface area contributed by atoms with Gasteiger partial charge in [0.2, 0.25) is 0 Å². The first kappa shape index (κ1) is 19.2. The van der Waals surface area contributed by atoms with Gasteiger partial charge in [-0.25, -0.2) is 9.45 Å². The van der Waals surface area contributed by atoms with Gasteiger partial charge in [0, 0.05) is 22.9 Å². The van der Waals surface area contributed by atoms with E-state index in [4.69, 9.17) is 5.73 Å². The number of rotatable bonds is 3. The fraction of sp³-hybridized carbons (Fsp3) is 0.227. The molecular weight excluding hydrogens is 373 g/mol. The van der Waals surface area contributed by atoms with Gasteiger partial charge in [-0.15, -0.1) is 0 Å². The van der Waals surface area contributed by atoms with Crippen molar-refractivity contribution in [3.8, 4) is 16.9 Å². The molecule has 0 radical (unpaired) electrons. The van der Waals surface area contributed by atoms with Crippen molar-refractivity contribution in [3.63, 3.8) is 0 Å². The lowest BCUT2D eigenvalue weighted by molar-refractivity contribution is -0.131. The third-order valence-electron chi connectivity index (χ3n) is 5.63. The maximum absolute atomic E-state index is 14.8. The molecule has 4 rings (SSSR count). The molecule has 2 aliphatic rings. The molecular formula is C22H22FN3O3. The Morgan fingerprint density at radius 1 is 1.28 bits per heavy atom. The summed E-state index contributed by atoms with van der Waals surface area (Å²) in [7, 11) is 0. The van der Waals surface area contributed by atoms with Crippen molar-refractivity contribution in [2.24, 2.45) is 5.73 Å². The number of hydrogen-bond donors (Lipinski definition) is 4. The number of phenols is 1. The Morgan fingerprint density at radius 2 is 1.97 bits per heavy atom. The zero-order valence-corrected chi connectivity index (χ0v) is 16.1. The molecule has 0 aromatic heterocycles. The molecule has 29 heavy (non-hydrogen) atoms. The predicted octanol–water partition coefficient (Wildman–Crippen LogP) is 3.49. The van der Waals surface area contributed by atoms with Gasteiger partial charge >= 0.3 is 0 Å². The van der Waals surface area contributed by atoms with E-state index in [0.717, 1.165) is 10.6 Å². The molecule has 1 amide bonds. The summed E-state index contributed by atoms with van der Waals surface area (Å²) < 4.78 is 14.8. The van der Waals surface area contributed by atoms with Crippen LogP contribution in [-0.2, 0) is 4.79 Å². The number of hydroxylamine groups is 2. The number of nitrogens with two attached hydrogens (primary N) is 1. The molecule has 0 saturated carbocycles. The molecule has 2 atom stereocenters.